The number of H-pyrrole nitrogens is 2. The van der Waals surface area contributed by atoms with Gasteiger partial charge in [-0.2, -0.15) is 0 Å². The molecule has 4 unspecified atom stereocenters. The lowest BCUT2D eigenvalue weighted by Crippen LogP contribution is -2.51. The van der Waals surface area contributed by atoms with Crippen molar-refractivity contribution in [2.75, 3.05) is 27.3 Å². The van der Waals surface area contributed by atoms with Crippen molar-refractivity contribution in [1.29, 1.82) is 0 Å². The van der Waals surface area contributed by atoms with E-state index in [2.05, 4.69) is 57.0 Å². The Balaban J connectivity index is 1.03. The van der Waals surface area contributed by atoms with Crippen LogP contribution in [0.3, 0.4) is 0 Å². The number of aromatic amines is 2. The van der Waals surface area contributed by atoms with Gasteiger partial charge in [-0.05, 0) is 96.4 Å². The smallest absolute Gasteiger partial charge is 0.407 e. The molecule has 4 atom stereocenters. The molecule has 0 bridgehead atoms. The molecule has 61 heavy (non-hydrogen) atoms. The van der Waals surface area contributed by atoms with Crippen LogP contribution in [0.1, 0.15) is 114 Å². The van der Waals surface area contributed by atoms with Gasteiger partial charge in [0.25, 0.3) is 0 Å². The third-order valence-corrected chi connectivity index (χ3v) is 13.7. The second-order valence-electron chi connectivity index (χ2n) is 18.2. The Morgan fingerprint density at radius 2 is 1.11 bits per heavy atom. The van der Waals surface area contributed by atoms with Crippen LogP contribution in [0.2, 0.25) is 0 Å². The number of methoxy groups -OCH3 is 2. The molecule has 2 saturated heterocycles. The van der Waals surface area contributed by atoms with Crippen molar-refractivity contribution in [3.63, 3.8) is 0 Å². The molecule has 8 rings (SSSR count). The molecule has 4 aliphatic rings. The van der Waals surface area contributed by atoms with Crippen LogP contribution in [-0.4, -0.2) is 93.1 Å². The number of alkyl carbamates (subject to hydrolysis) is 2. The third-order valence-electron chi connectivity index (χ3n) is 13.7. The number of fused-ring (bicyclic) bond motifs is 1. The maximum absolute atomic E-state index is 13.8. The minimum atomic E-state index is -0.687. The van der Waals surface area contributed by atoms with E-state index in [0.29, 0.717) is 13.1 Å². The average molecular weight is 833 g/mol. The highest BCUT2D eigenvalue weighted by molar-refractivity contribution is 5.87. The SMILES string of the molecule is COC(=O)NC(C(=O)N1CCCC1c1ncc(-c2ccc(-c3ccc(-c4cnc(C5CCCN5C(=O)C(NC(=O)OC)C(C)C)[nH]4)c4c3CC3(CCCC3)C4)cc2)[nH]1)C(C)C. The number of imidazole rings is 2. The van der Waals surface area contributed by atoms with E-state index in [1.165, 1.54) is 62.2 Å². The van der Waals surface area contributed by atoms with E-state index < -0.39 is 24.3 Å². The Morgan fingerprint density at radius 3 is 1.62 bits per heavy atom. The lowest BCUT2D eigenvalue weighted by Gasteiger charge is -2.30. The fraction of sp³-hybridized carbons (Fsp3) is 0.532. The van der Waals surface area contributed by atoms with Gasteiger partial charge in [0.1, 0.15) is 23.7 Å². The quantitative estimate of drug-likeness (QED) is 0.118. The Labute approximate surface area is 358 Å². The molecule has 2 aliphatic heterocycles. The molecule has 4 amide bonds. The van der Waals surface area contributed by atoms with Crippen molar-refractivity contribution in [2.45, 2.75) is 116 Å². The molecular formula is C47H60N8O6. The van der Waals surface area contributed by atoms with Crippen LogP contribution < -0.4 is 10.6 Å². The summed E-state index contributed by atoms with van der Waals surface area (Å²) in [5.41, 5.74) is 9.52. The van der Waals surface area contributed by atoms with Crippen molar-refractivity contribution >= 4 is 24.0 Å². The summed E-state index contributed by atoms with van der Waals surface area (Å²) in [6, 6.07) is 11.4. The van der Waals surface area contributed by atoms with Gasteiger partial charge < -0.3 is 39.9 Å². The van der Waals surface area contributed by atoms with Crippen molar-refractivity contribution in [3.05, 3.63) is 71.6 Å². The second-order valence-corrected chi connectivity index (χ2v) is 18.2. The predicted octanol–water partition coefficient (Wildman–Crippen LogP) is 7.88. The molecule has 14 nitrogen and oxygen atoms in total. The topological polar surface area (TPSA) is 175 Å². The Kier molecular flexibility index (Phi) is 12.0. The number of amides is 4. The minimum absolute atomic E-state index is 0.104. The first kappa shape index (κ1) is 42.0. The number of benzene rings is 2. The van der Waals surface area contributed by atoms with Crippen LogP contribution in [0.15, 0.2) is 48.8 Å². The first-order valence-electron chi connectivity index (χ1n) is 22.1. The molecule has 4 aromatic rings. The highest BCUT2D eigenvalue weighted by atomic mass is 16.5. The maximum atomic E-state index is 13.8. The van der Waals surface area contributed by atoms with Crippen molar-refractivity contribution in [2.24, 2.45) is 17.3 Å². The number of aromatic nitrogens is 4. The number of rotatable bonds is 11. The number of likely N-dealkylation sites (tertiary alicyclic amines) is 2. The van der Waals surface area contributed by atoms with Crippen molar-refractivity contribution < 1.29 is 28.7 Å². The fourth-order valence-electron chi connectivity index (χ4n) is 10.4. The van der Waals surface area contributed by atoms with Gasteiger partial charge in [0.15, 0.2) is 0 Å². The molecule has 4 heterocycles. The summed E-state index contributed by atoms with van der Waals surface area (Å²) in [5, 5.41) is 5.46. The molecule has 1 saturated carbocycles. The molecule has 3 fully saturated rings. The number of hydrogen-bond acceptors (Lipinski definition) is 8. The van der Waals surface area contributed by atoms with Gasteiger partial charge in [0.05, 0.1) is 50.1 Å². The fourth-order valence-corrected chi connectivity index (χ4v) is 10.4. The van der Waals surface area contributed by atoms with Crippen molar-refractivity contribution in [3.8, 4) is 33.6 Å². The van der Waals surface area contributed by atoms with E-state index in [-0.39, 0.29) is 41.1 Å². The number of hydrogen-bond donors (Lipinski definition) is 4. The lowest BCUT2D eigenvalue weighted by atomic mass is 9.82. The summed E-state index contributed by atoms with van der Waals surface area (Å²) in [4.78, 5) is 72.1. The Bertz CT molecular complexity index is 2260. The zero-order valence-corrected chi connectivity index (χ0v) is 36.3. The molecule has 2 aromatic heterocycles. The minimum Gasteiger partial charge on any atom is -0.453 e. The van der Waals surface area contributed by atoms with E-state index in [1.54, 1.807) is 0 Å². The molecule has 2 aliphatic carbocycles. The van der Waals surface area contributed by atoms with Crippen molar-refractivity contribution in [1.82, 2.24) is 40.4 Å². The van der Waals surface area contributed by atoms with E-state index in [1.807, 2.05) is 49.9 Å². The summed E-state index contributed by atoms with van der Waals surface area (Å²) in [6.45, 7) is 8.88. The van der Waals surface area contributed by atoms with E-state index >= 15 is 0 Å². The lowest BCUT2D eigenvalue weighted by molar-refractivity contribution is -0.136. The first-order valence-corrected chi connectivity index (χ1v) is 22.1. The summed E-state index contributed by atoms with van der Waals surface area (Å²) in [5.74, 6) is 1.06. The van der Waals surface area contributed by atoms with Crippen LogP contribution in [-0.2, 0) is 31.9 Å². The van der Waals surface area contributed by atoms with Gasteiger partial charge in [-0.25, -0.2) is 19.6 Å². The normalized spacial score (nSPS) is 20.3. The van der Waals surface area contributed by atoms with E-state index in [9.17, 15) is 19.2 Å². The maximum Gasteiger partial charge on any atom is 0.407 e. The first-order chi connectivity index (χ1) is 29.4. The molecular weight excluding hydrogens is 773 g/mol. The molecule has 14 heteroatoms. The summed E-state index contributed by atoms with van der Waals surface area (Å²) < 4.78 is 9.62. The van der Waals surface area contributed by atoms with Gasteiger partial charge in [-0.3, -0.25) is 9.59 Å². The largest absolute Gasteiger partial charge is 0.453 e. The zero-order valence-electron chi connectivity index (χ0n) is 36.3. The van der Waals surface area contributed by atoms with Gasteiger partial charge >= 0.3 is 12.2 Å². The van der Waals surface area contributed by atoms with E-state index in [4.69, 9.17) is 19.4 Å². The number of nitrogens with one attached hydrogen (secondary N) is 4. The number of carbonyl (C=O) groups is 4. The van der Waals surface area contributed by atoms with Crippen LogP contribution in [0, 0.1) is 17.3 Å². The number of carbonyl (C=O) groups excluding carboxylic acids is 4. The molecule has 1 spiro atoms. The van der Waals surface area contributed by atoms with Gasteiger partial charge in [-0.15, -0.1) is 0 Å². The van der Waals surface area contributed by atoms with Crippen LogP contribution >= 0.6 is 0 Å². The zero-order chi connectivity index (χ0) is 43.0. The van der Waals surface area contributed by atoms with Crippen LogP contribution in [0.25, 0.3) is 33.6 Å². The molecule has 0 radical (unpaired) electrons. The van der Waals surface area contributed by atoms with E-state index in [0.717, 1.165) is 72.7 Å². The average Bonchev–Trinajstić information content (AvgIpc) is 4.12. The summed E-state index contributed by atoms with van der Waals surface area (Å²) in [6.07, 6.45) is 12.9. The summed E-state index contributed by atoms with van der Waals surface area (Å²) in [7, 11) is 2.61. The number of nitrogens with zero attached hydrogens (tertiary/aromatic N) is 4. The predicted molar refractivity (Wildman–Crippen MR) is 231 cm³/mol. The molecule has 324 valence electrons. The Morgan fingerprint density at radius 1 is 0.656 bits per heavy atom. The highest BCUT2D eigenvalue weighted by Gasteiger charge is 2.43. The number of ether oxygens (including phenoxy) is 2. The van der Waals surface area contributed by atoms with Crippen LogP contribution in [0.5, 0.6) is 0 Å². The standard InChI is InChI=1S/C47H60N8O6/c1-27(2)39(52-45(58)60-5)43(56)54-21-9-11-37(54)41-48-25-35(50-41)30-15-13-29(14-16-30)31-17-18-32(34-24-47(23-33(31)34)19-7-8-20-47)36-26-49-42(51-36)38-12-10-22-55(38)44(57)40(28(3)4)53-46(59)61-6/h13-18,25-28,37-40H,7-12,19-24H2,1-6H3,(H,48,50)(H,49,51)(H,52,58)(H,53,59). The molecule has 4 N–H and O–H groups in total. The monoisotopic (exact) mass is 832 g/mol. The van der Waals surface area contributed by atoms with Crippen LogP contribution in [0.4, 0.5) is 9.59 Å². The Hall–Kier alpha value is -5.66. The van der Waals surface area contributed by atoms with Gasteiger partial charge in [0, 0.05) is 18.7 Å². The van der Waals surface area contributed by atoms with Gasteiger partial charge in [-0.1, -0.05) is 76.9 Å². The third kappa shape index (κ3) is 8.25. The molecule has 2 aromatic carbocycles. The second kappa shape index (κ2) is 17.4. The summed E-state index contributed by atoms with van der Waals surface area (Å²) >= 11 is 0. The highest BCUT2D eigenvalue weighted by Crippen LogP contribution is 2.53. The van der Waals surface area contributed by atoms with Gasteiger partial charge in [0.2, 0.25) is 11.8 Å².